The van der Waals surface area contributed by atoms with E-state index in [-0.39, 0.29) is 18.1 Å². The number of ether oxygens (including phenoxy) is 3. The van der Waals surface area contributed by atoms with Crippen LogP contribution in [0.25, 0.3) is 0 Å². The molecular formula is C19H22O6. The van der Waals surface area contributed by atoms with Crippen LogP contribution >= 0.6 is 0 Å². The fraction of sp³-hybridized carbons (Fsp3) is 0.421. The summed E-state index contributed by atoms with van der Waals surface area (Å²) < 4.78 is 15.1. The summed E-state index contributed by atoms with van der Waals surface area (Å²) in [5, 5.41) is 0. The Morgan fingerprint density at radius 2 is 1.88 bits per heavy atom. The molecule has 1 aromatic rings. The maximum absolute atomic E-state index is 11.8. The highest BCUT2D eigenvalue weighted by atomic mass is 16.6. The summed E-state index contributed by atoms with van der Waals surface area (Å²) in [5.41, 5.74) is 0.891. The van der Waals surface area contributed by atoms with Gasteiger partial charge in [-0.05, 0) is 50.3 Å². The monoisotopic (exact) mass is 346 g/mol. The van der Waals surface area contributed by atoms with Gasteiger partial charge >= 0.3 is 17.9 Å². The molecule has 0 saturated heterocycles. The molecule has 0 unspecified atom stereocenters. The van der Waals surface area contributed by atoms with E-state index in [0.717, 1.165) is 31.2 Å². The number of carbonyl (C=O) groups excluding carboxylic acids is 3. The number of benzene rings is 1. The van der Waals surface area contributed by atoms with E-state index in [9.17, 15) is 14.4 Å². The lowest BCUT2D eigenvalue weighted by atomic mass is 10.2. The number of aryl methyl sites for hydroxylation is 1. The second-order valence-corrected chi connectivity index (χ2v) is 6.04. The maximum atomic E-state index is 11.8. The highest BCUT2D eigenvalue weighted by Crippen LogP contribution is 2.21. The molecule has 25 heavy (non-hydrogen) atoms. The molecule has 0 spiro atoms. The Morgan fingerprint density at radius 1 is 1.16 bits per heavy atom. The number of hydrogen-bond acceptors (Lipinski definition) is 6. The van der Waals surface area contributed by atoms with Crippen LogP contribution in [-0.2, 0) is 23.9 Å². The summed E-state index contributed by atoms with van der Waals surface area (Å²) in [5.74, 6) is -1.65. The Hall–Kier alpha value is -2.63. The van der Waals surface area contributed by atoms with E-state index >= 15 is 0 Å². The van der Waals surface area contributed by atoms with Gasteiger partial charge in [0.2, 0.25) is 0 Å². The van der Waals surface area contributed by atoms with Crippen LogP contribution in [0.5, 0.6) is 5.75 Å². The van der Waals surface area contributed by atoms with E-state index in [1.807, 2.05) is 13.0 Å². The van der Waals surface area contributed by atoms with Crippen molar-refractivity contribution in [1.82, 2.24) is 0 Å². The van der Waals surface area contributed by atoms with Crippen molar-refractivity contribution >= 4 is 17.9 Å². The fourth-order valence-corrected chi connectivity index (χ4v) is 2.55. The first kappa shape index (κ1) is 18.7. The van der Waals surface area contributed by atoms with Gasteiger partial charge in [0, 0.05) is 5.57 Å². The molecule has 2 rings (SSSR count). The van der Waals surface area contributed by atoms with Crippen LogP contribution in [0.4, 0.5) is 0 Å². The molecule has 0 aromatic heterocycles. The maximum Gasteiger partial charge on any atom is 0.349 e. The third-order valence-corrected chi connectivity index (χ3v) is 3.79. The lowest BCUT2D eigenvalue weighted by Gasteiger charge is -2.12. The smallest absolute Gasteiger partial charge is 0.349 e. The predicted molar refractivity (Wildman–Crippen MR) is 89.9 cm³/mol. The van der Waals surface area contributed by atoms with Crippen molar-refractivity contribution in [2.45, 2.75) is 45.1 Å². The van der Waals surface area contributed by atoms with Crippen molar-refractivity contribution < 1.29 is 28.6 Å². The van der Waals surface area contributed by atoms with Crippen LogP contribution in [0.15, 0.2) is 36.4 Å². The number of hydrogen-bond donors (Lipinski definition) is 0. The number of esters is 3. The Kier molecular flexibility index (Phi) is 6.74. The topological polar surface area (TPSA) is 78.9 Å². The van der Waals surface area contributed by atoms with Gasteiger partial charge in [-0.3, -0.25) is 4.79 Å². The van der Waals surface area contributed by atoms with E-state index < -0.39 is 24.5 Å². The molecular weight excluding hydrogens is 324 g/mol. The SMILES string of the molecule is C=C(CC(=O)OC1CCCC1)C(=O)OCC(=O)Oc1cccc(C)c1. The molecule has 6 nitrogen and oxygen atoms in total. The summed E-state index contributed by atoms with van der Waals surface area (Å²) >= 11 is 0. The standard InChI is InChI=1S/C19H22O6/c1-13-6-5-9-16(10-13)25-18(21)12-23-19(22)14(2)11-17(20)24-15-7-3-4-8-15/h5-6,9-10,15H,2-4,7-8,11-12H2,1H3. The summed E-state index contributed by atoms with van der Waals surface area (Å²) in [6, 6.07) is 6.94. The van der Waals surface area contributed by atoms with Gasteiger partial charge in [-0.15, -0.1) is 0 Å². The molecule has 134 valence electrons. The minimum Gasteiger partial charge on any atom is -0.462 e. The molecule has 0 N–H and O–H groups in total. The van der Waals surface area contributed by atoms with Crippen LogP contribution in [0.1, 0.15) is 37.7 Å². The van der Waals surface area contributed by atoms with E-state index in [2.05, 4.69) is 6.58 Å². The van der Waals surface area contributed by atoms with Crippen molar-refractivity contribution in [3.8, 4) is 5.75 Å². The Morgan fingerprint density at radius 3 is 2.56 bits per heavy atom. The van der Waals surface area contributed by atoms with E-state index in [0.29, 0.717) is 5.75 Å². The zero-order valence-corrected chi connectivity index (χ0v) is 14.3. The molecule has 0 amide bonds. The average Bonchev–Trinajstić information content (AvgIpc) is 3.05. The molecule has 0 heterocycles. The van der Waals surface area contributed by atoms with Crippen LogP contribution in [0.3, 0.4) is 0 Å². The number of rotatable bonds is 7. The van der Waals surface area contributed by atoms with Crippen LogP contribution in [-0.4, -0.2) is 30.6 Å². The summed E-state index contributed by atoms with van der Waals surface area (Å²) in [4.78, 5) is 35.2. The fourth-order valence-electron chi connectivity index (χ4n) is 2.55. The van der Waals surface area contributed by atoms with Gasteiger partial charge in [0.05, 0.1) is 6.42 Å². The minimum atomic E-state index is -0.815. The molecule has 1 aliphatic rings. The summed E-state index contributed by atoms with van der Waals surface area (Å²) in [7, 11) is 0. The van der Waals surface area contributed by atoms with Gasteiger partial charge in [0.1, 0.15) is 11.9 Å². The molecule has 0 atom stereocenters. The molecule has 0 radical (unpaired) electrons. The Bertz CT molecular complexity index is 658. The first-order valence-corrected chi connectivity index (χ1v) is 8.26. The van der Waals surface area contributed by atoms with Gasteiger partial charge < -0.3 is 14.2 Å². The van der Waals surface area contributed by atoms with Crippen molar-refractivity contribution in [3.63, 3.8) is 0 Å². The van der Waals surface area contributed by atoms with Crippen molar-refractivity contribution in [1.29, 1.82) is 0 Å². The van der Waals surface area contributed by atoms with Crippen molar-refractivity contribution in [3.05, 3.63) is 42.0 Å². The predicted octanol–water partition coefficient (Wildman–Crippen LogP) is 2.88. The van der Waals surface area contributed by atoms with Gasteiger partial charge in [-0.2, -0.15) is 0 Å². The molecule has 1 aromatic carbocycles. The van der Waals surface area contributed by atoms with Gasteiger partial charge in [-0.25, -0.2) is 9.59 Å². The Labute approximate surface area is 146 Å². The van der Waals surface area contributed by atoms with Crippen molar-refractivity contribution in [2.24, 2.45) is 0 Å². The third-order valence-electron chi connectivity index (χ3n) is 3.79. The average molecular weight is 346 g/mol. The summed E-state index contributed by atoms with van der Waals surface area (Å²) in [6.07, 6.45) is 3.48. The van der Waals surface area contributed by atoms with E-state index in [1.165, 1.54) is 0 Å². The lowest BCUT2D eigenvalue weighted by Crippen LogP contribution is -2.21. The molecule has 1 fully saturated rings. The van der Waals surface area contributed by atoms with Crippen LogP contribution in [0, 0.1) is 6.92 Å². The van der Waals surface area contributed by atoms with Crippen molar-refractivity contribution in [2.75, 3.05) is 6.61 Å². The Balaban J connectivity index is 1.70. The number of carbonyl (C=O) groups is 3. The van der Waals surface area contributed by atoms with Crippen LogP contribution in [0.2, 0.25) is 0 Å². The lowest BCUT2D eigenvalue weighted by molar-refractivity contribution is -0.153. The largest absolute Gasteiger partial charge is 0.462 e. The zero-order chi connectivity index (χ0) is 18.2. The minimum absolute atomic E-state index is 0.0497. The van der Waals surface area contributed by atoms with Gasteiger partial charge in [-0.1, -0.05) is 18.7 Å². The highest BCUT2D eigenvalue weighted by molar-refractivity contribution is 5.94. The first-order valence-electron chi connectivity index (χ1n) is 8.26. The second kappa shape index (κ2) is 9.01. The van der Waals surface area contributed by atoms with Gasteiger partial charge in [0.25, 0.3) is 0 Å². The quantitative estimate of drug-likeness (QED) is 0.429. The first-order chi connectivity index (χ1) is 11.9. The zero-order valence-electron chi connectivity index (χ0n) is 14.3. The second-order valence-electron chi connectivity index (χ2n) is 6.04. The molecule has 1 saturated carbocycles. The van der Waals surface area contributed by atoms with Gasteiger partial charge in [0.15, 0.2) is 6.61 Å². The van der Waals surface area contributed by atoms with Crippen LogP contribution < -0.4 is 4.74 Å². The highest BCUT2D eigenvalue weighted by Gasteiger charge is 2.21. The third kappa shape index (κ3) is 6.41. The molecule has 0 bridgehead atoms. The van der Waals surface area contributed by atoms with E-state index in [1.54, 1.807) is 18.2 Å². The van der Waals surface area contributed by atoms with E-state index in [4.69, 9.17) is 14.2 Å². The molecule has 0 aliphatic heterocycles. The summed E-state index contributed by atoms with van der Waals surface area (Å²) in [6.45, 7) is 4.83. The normalized spacial score (nSPS) is 14.0. The molecule has 1 aliphatic carbocycles. The molecule has 6 heteroatoms.